The average molecular weight is 222 g/mol. The van der Waals surface area contributed by atoms with Gasteiger partial charge in [0.25, 0.3) is 0 Å². The first kappa shape index (κ1) is 11.2. The Labute approximate surface area is 95.9 Å². The first-order valence-corrected chi connectivity index (χ1v) is 5.37. The average Bonchev–Trinajstić information content (AvgIpc) is 2.77. The van der Waals surface area contributed by atoms with Crippen LogP contribution in [0.2, 0.25) is 0 Å². The van der Waals surface area contributed by atoms with Crippen LogP contribution in [0.4, 0.5) is 0 Å². The zero-order valence-electron chi connectivity index (χ0n) is 9.96. The number of methoxy groups -OCH3 is 2. The fourth-order valence-electron chi connectivity index (χ4n) is 1.94. The smallest absolute Gasteiger partial charge is 0.122 e. The summed E-state index contributed by atoms with van der Waals surface area (Å²) in [5.41, 5.74) is 7.62. The third-order valence-corrected chi connectivity index (χ3v) is 3.13. The van der Waals surface area contributed by atoms with Crippen molar-refractivity contribution in [2.45, 2.75) is 12.3 Å². The number of hydrogen-bond donors (Lipinski definition) is 2. The molecule has 1 aromatic rings. The zero-order chi connectivity index (χ0) is 11.6. The molecule has 1 heterocycles. The third-order valence-electron chi connectivity index (χ3n) is 3.13. The number of nitrogens with one attached hydrogen (secondary N) is 2. The fourth-order valence-corrected chi connectivity index (χ4v) is 1.94. The van der Waals surface area contributed by atoms with Crippen LogP contribution >= 0.6 is 0 Å². The van der Waals surface area contributed by atoms with Gasteiger partial charge >= 0.3 is 0 Å². The van der Waals surface area contributed by atoms with Crippen LogP contribution in [0.3, 0.4) is 0 Å². The van der Waals surface area contributed by atoms with Crippen LogP contribution in [0.1, 0.15) is 12.5 Å². The molecule has 0 aliphatic carbocycles. The SMILES string of the molecule is COc1cc(OC)cc(C2(C)CNNC2)c1. The van der Waals surface area contributed by atoms with E-state index in [0.717, 1.165) is 24.6 Å². The Morgan fingerprint density at radius 2 is 1.50 bits per heavy atom. The quantitative estimate of drug-likeness (QED) is 0.803. The van der Waals surface area contributed by atoms with Gasteiger partial charge in [0.05, 0.1) is 14.2 Å². The minimum atomic E-state index is 0.0851. The Morgan fingerprint density at radius 3 is 1.94 bits per heavy atom. The van der Waals surface area contributed by atoms with Gasteiger partial charge in [-0.05, 0) is 17.7 Å². The minimum Gasteiger partial charge on any atom is -0.497 e. The lowest BCUT2D eigenvalue weighted by Crippen LogP contribution is -2.27. The second-order valence-corrected chi connectivity index (χ2v) is 4.37. The van der Waals surface area contributed by atoms with Crippen LogP contribution < -0.4 is 20.3 Å². The largest absolute Gasteiger partial charge is 0.497 e. The summed E-state index contributed by atoms with van der Waals surface area (Å²) in [5, 5.41) is 0. The predicted molar refractivity (Wildman–Crippen MR) is 62.9 cm³/mol. The lowest BCUT2D eigenvalue weighted by Gasteiger charge is -2.23. The second-order valence-electron chi connectivity index (χ2n) is 4.37. The van der Waals surface area contributed by atoms with E-state index < -0.39 is 0 Å². The van der Waals surface area contributed by atoms with Crippen molar-refractivity contribution in [2.75, 3.05) is 27.3 Å². The van der Waals surface area contributed by atoms with Gasteiger partial charge in [0.1, 0.15) is 11.5 Å². The van der Waals surface area contributed by atoms with Crippen molar-refractivity contribution in [3.05, 3.63) is 23.8 Å². The van der Waals surface area contributed by atoms with E-state index in [1.807, 2.05) is 6.07 Å². The molecule has 2 rings (SSSR count). The van der Waals surface area contributed by atoms with Crippen LogP contribution in [0.25, 0.3) is 0 Å². The monoisotopic (exact) mass is 222 g/mol. The summed E-state index contributed by atoms with van der Waals surface area (Å²) in [7, 11) is 3.35. The van der Waals surface area contributed by atoms with Gasteiger partial charge in [0.2, 0.25) is 0 Å². The highest BCUT2D eigenvalue weighted by Crippen LogP contribution is 2.31. The lowest BCUT2D eigenvalue weighted by atomic mass is 9.83. The molecular weight excluding hydrogens is 204 g/mol. The molecule has 1 saturated heterocycles. The van der Waals surface area contributed by atoms with E-state index in [4.69, 9.17) is 9.47 Å². The van der Waals surface area contributed by atoms with Crippen molar-refractivity contribution < 1.29 is 9.47 Å². The molecule has 0 saturated carbocycles. The Morgan fingerprint density at radius 1 is 1.00 bits per heavy atom. The Kier molecular flexibility index (Phi) is 3.03. The fraction of sp³-hybridized carbons (Fsp3) is 0.500. The van der Waals surface area contributed by atoms with Gasteiger partial charge in [-0.15, -0.1) is 0 Å². The van der Waals surface area contributed by atoms with Crippen LogP contribution in [-0.2, 0) is 5.41 Å². The highest BCUT2D eigenvalue weighted by molar-refractivity contribution is 5.42. The molecule has 16 heavy (non-hydrogen) atoms. The minimum absolute atomic E-state index is 0.0851. The molecule has 1 fully saturated rings. The summed E-state index contributed by atoms with van der Waals surface area (Å²) in [6.45, 7) is 4.03. The standard InChI is InChI=1S/C12H18N2O2/c1-12(7-13-14-8-12)9-4-10(15-2)6-11(5-9)16-3/h4-6,13-14H,7-8H2,1-3H3. The van der Waals surface area contributed by atoms with Gasteiger partial charge in [0.15, 0.2) is 0 Å². The Bertz CT molecular complexity index is 351. The van der Waals surface area contributed by atoms with Crippen molar-refractivity contribution in [3.8, 4) is 11.5 Å². The van der Waals surface area contributed by atoms with Gasteiger partial charge in [0, 0.05) is 24.6 Å². The Balaban J connectivity index is 2.39. The summed E-state index contributed by atoms with van der Waals surface area (Å²) < 4.78 is 10.6. The number of hydrogen-bond acceptors (Lipinski definition) is 4. The predicted octanol–water partition coefficient (Wildman–Crippen LogP) is 1.07. The van der Waals surface area contributed by atoms with E-state index in [2.05, 4.69) is 29.9 Å². The first-order valence-electron chi connectivity index (χ1n) is 5.37. The van der Waals surface area contributed by atoms with Gasteiger partial charge in [-0.1, -0.05) is 6.92 Å². The normalized spacial score (nSPS) is 18.4. The van der Waals surface area contributed by atoms with E-state index in [-0.39, 0.29) is 5.41 Å². The van der Waals surface area contributed by atoms with Crippen LogP contribution in [0.5, 0.6) is 11.5 Å². The van der Waals surface area contributed by atoms with E-state index in [9.17, 15) is 0 Å². The molecule has 0 spiro atoms. The lowest BCUT2D eigenvalue weighted by molar-refractivity contribution is 0.390. The summed E-state index contributed by atoms with van der Waals surface area (Å²) >= 11 is 0. The summed E-state index contributed by atoms with van der Waals surface area (Å²) in [6, 6.07) is 6.02. The topological polar surface area (TPSA) is 42.5 Å². The summed E-state index contributed by atoms with van der Waals surface area (Å²) in [4.78, 5) is 0. The maximum Gasteiger partial charge on any atom is 0.122 e. The molecule has 4 heteroatoms. The van der Waals surface area contributed by atoms with Crippen LogP contribution in [0.15, 0.2) is 18.2 Å². The van der Waals surface area contributed by atoms with Gasteiger partial charge in [-0.25, -0.2) is 0 Å². The number of benzene rings is 1. The molecule has 4 nitrogen and oxygen atoms in total. The molecule has 0 radical (unpaired) electrons. The number of ether oxygens (including phenoxy) is 2. The zero-order valence-corrected chi connectivity index (χ0v) is 9.96. The molecule has 0 amide bonds. The maximum atomic E-state index is 5.28. The second kappa shape index (κ2) is 4.31. The molecular formula is C12H18N2O2. The van der Waals surface area contributed by atoms with Crippen molar-refractivity contribution in [2.24, 2.45) is 0 Å². The molecule has 0 atom stereocenters. The summed E-state index contributed by atoms with van der Waals surface area (Å²) in [6.07, 6.45) is 0. The van der Waals surface area contributed by atoms with E-state index in [0.29, 0.717) is 0 Å². The van der Waals surface area contributed by atoms with Crippen molar-refractivity contribution in [3.63, 3.8) is 0 Å². The van der Waals surface area contributed by atoms with Gasteiger partial charge < -0.3 is 9.47 Å². The number of hydrazine groups is 1. The molecule has 88 valence electrons. The van der Waals surface area contributed by atoms with Crippen molar-refractivity contribution in [1.29, 1.82) is 0 Å². The maximum absolute atomic E-state index is 5.28. The number of rotatable bonds is 3. The summed E-state index contributed by atoms with van der Waals surface area (Å²) in [5.74, 6) is 1.67. The molecule has 2 N–H and O–H groups in total. The Hall–Kier alpha value is -1.26. The van der Waals surface area contributed by atoms with Crippen molar-refractivity contribution >= 4 is 0 Å². The third kappa shape index (κ3) is 1.99. The van der Waals surface area contributed by atoms with Crippen LogP contribution in [-0.4, -0.2) is 27.3 Å². The molecule has 1 aliphatic heterocycles. The highest BCUT2D eigenvalue weighted by atomic mass is 16.5. The first-order chi connectivity index (χ1) is 7.68. The van der Waals surface area contributed by atoms with Crippen LogP contribution in [0, 0.1) is 0 Å². The van der Waals surface area contributed by atoms with E-state index >= 15 is 0 Å². The van der Waals surface area contributed by atoms with E-state index in [1.165, 1.54) is 5.56 Å². The molecule has 1 aliphatic rings. The molecule has 0 unspecified atom stereocenters. The molecule has 1 aromatic carbocycles. The highest BCUT2D eigenvalue weighted by Gasteiger charge is 2.31. The van der Waals surface area contributed by atoms with Gasteiger partial charge in [-0.2, -0.15) is 0 Å². The molecule has 0 bridgehead atoms. The molecule has 0 aromatic heterocycles. The van der Waals surface area contributed by atoms with Crippen molar-refractivity contribution in [1.82, 2.24) is 10.9 Å². The van der Waals surface area contributed by atoms with Gasteiger partial charge in [-0.3, -0.25) is 10.9 Å². The van der Waals surface area contributed by atoms with E-state index in [1.54, 1.807) is 14.2 Å².